The lowest BCUT2D eigenvalue weighted by atomic mass is 10.1. The van der Waals surface area contributed by atoms with E-state index in [2.05, 4.69) is 44.3 Å². The monoisotopic (exact) mass is 470 g/mol. The van der Waals surface area contributed by atoms with Gasteiger partial charge in [0, 0.05) is 18.8 Å². The van der Waals surface area contributed by atoms with Crippen molar-refractivity contribution in [3.63, 3.8) is 0 Å². The lowest BCUT2D eigenvalue weighted by Crippen LogP contribution is -2.49. The Balaban J connectivity index is 2.14. The first-order valence-corrected chi connectivity index (χ1v) is 12.9. The van der Waals surface area contributed by atoms with E-state index in [4.69, 9.17) is 4.74 Å². The standard InChI is InChI=1S/C27H38N2O3S/c1-6-8-12-28-27(31)25(7-2)29(17-22-10-9-11-24(16-22)32-5)26(30)19-33-18-23-14-20(3)13-21(4)15-23/h9-11,13-16,25H,6-8,12,17-19H2,1-5H3,(H,28,31)/t25-/m0/s1. The first-order chi connectivity index (χ1) is 15.9. The number of hydrogen-bond acceptors (Lipinski definition) is 4. The number of carbonyl (C=O) groups excluding carboxylic acids is 2. The van der Waals surface area contributed by atoms with Crippen molar-refractivity contribution in [2.75, 3.05) is 19.4 Å². The first kappa shape index (κ1) is 26.8. The molecule has 0 bridgehead atoms. The van der Waals surface area contributed by atoms with E-state index < -0.39 is 6.04 Å². The second-order valence-corrected chi connectivity index (χ2v) is 9.42. The van der Waals surface area contributed by atoms with Crippen molar-refractivity contribution in [1.82, 2.24) is 10.2 Å². The van der Waals surface area contributed by atoms with Crippen LogP contribution in [0.1, 0.15) is 55.4 Å². The third-order valence-electron chi connectivity index (χ3n) is 5.48. The molecule has 0 aliphatic carbocycles. The highest BCUT2D eigenvalue weighted by molar-refractivity contribution is 7.99. The fourth-order valence-electron chi connectivity index (χ4n) is 3.88. The zero-order valence-electron chi connectivity index (χ0n) is 20.6. The largest absolute Gasteiger partial charge is 0.497 e. The van der Waals surface area contributed by atoms with Crippen molar-refractivity contribution < 1.29 is 14.3 Å². The Labute approximate surface area is 203 Å². The van der Waals surface area contributed by atoms with Crippen LogP contribution in [0, 0.1) is 13.8 Å². The molecule has 33 heavy (non-hydrogen) atoms. The predicted molar refractivity (Wildman–Crippen MR) is 138 cm³/mol. The fourth-order valence-corrected chi connectivity index (χ4v) is 4.73. The van der Waals surface area contributed by atoms with Crippen LogP contribution in [0.2, 0.25) is 0 Å². The van der Waals surface area contributed by atoms with E-state index in [0.29, 0.717) is 25.3 Å². The molecule has 180 valence electrons. The van der Waals surface area contributed by atoms with Gasteiger partial charge < -0.3 is 15.0 Å². The second-order valence-electron chi connectivity index (χ2n) is 8.43. The zero-order valence-corrected chi connectivity index (χ0v) is 21.5. The topological polar surface area (TPSA) is 58.6 Å². The van der Waals surface area contributed by atoms with Crippen LogP contribution in [-0.2, 0) is 21.9 Å². The fraction of sp³-hybridized carbons (Fsp3) is 0.481. The quantitative estimate of drug-likeness (QED) is 0.405. The molecule has 5 nitrogen and oxygen atoms in total. The van der Waals surface area contributed by atoms with Crippen LogP contribution >= 0.6 is 11.8 Å². The number of unbranched alkanes of at least 4 members (excludes halogenated alkanes) is 1. The number of nitrogens with zero attached hydrogens (tertiary/aromatic N) is 1. The van der Waals surface area contributed by atoms with Crippen molar-refractivity contribution in [3.05, 3.63) is 64.7 Å². The summed E-state index contributed by atoms with van der Waals surface area (Å²) in [5.41, 5.74) is 4.62. The summed E-state index contributed by atoms with van der Waals surface area (Å²) >= 11 is 1.59. The van der Waals surface area contributed by atoms with Gasteiger partial charge >= 0.3 is 0 Å². The highest BCUT2D eigenvalue weighted by Crippen LogP contribution is 2.20. The van der Waals surface area contributed by atoms with Crippen LogP contribution in [0.3, 0.4) is 0 Å². The number of methoxy groups -OCH3 is 1. The second kappa shape index (κ2) is 13.9. The van der Waals surface area contributed by atoms with Gasteiger partial charge in [0.2, 0.25) is 11.8 Å². The maximum Gasteiger partial charge on any atom is 0.242 e. The van der Waals surface area contributed by atoms with Gasteiger partial charge in [0.15, 0.2) is 0 Å². The van der Waals surface area contributed by atoms with Crippen molar-refractivity contribution >= 4 is 23.6 Å². The number of ether oxygens (including phenoxy) is 1. The minimum absolute atomic E-state index is 0.0234. The number of rotatable bonds is 13. The Kier molecular flexibility index (Phi) is 11.3. The molecular weight excluding hydrogens is 432 g/mol. The Morgan fingerprint density at radius 2 is 1.79 bits per heavy atom. The van der Waals surface area contributed by atoms with Crippen LogP contribution < -0.4 is 10.1 Å². The van der Waals surface area contributed by atoms with E-state index in [1.165, 1.54) is 16.7 Å². The summed E-state index contributed by atoms with van der Waals surface area (Å²) in [7, 11) is 1.63. The summed E-state index contributed by atoms with van der Waals surface area (Å²) < 4.78 is 5.34. The van der Waals surface area contributed by atoms with Crippen molar-refractivity contribution in [1.29, 1.82) is 0 Å². The van der Waals surface area contributed by atoms with E-state index >= 15 is 0 Å². The van der Waals surface area contributed by atoms with Crippen LogP contribution in [0.5, 0.6) is 5.75 Å². The molecule has 2 aromatic rings. The molecule has 6 heteroatoms. The number of benzene rings is 2. The van der Waals surface area contributed by atoms with Crippen molar-refractivity contribution in [3.8, 4) is 5.75 Å². The van der Waals surface area contributed by atoms with Crippen LogP contribution in [0.25, 0.3) is 0 Å². The van der Waals surface area contributed by atoms with Gasteiger partial charge in [-0.1, -0.05) is 61.7 Å². The molecule has 0 spiro atoms. The molecular formula is C27H38N2O3S. The lowest BCUT2D eigenvalue weighted by Gasteiger charge is -2.30. The number of nitrogens with one attached hydrogen (secondary N) is 1. The Bertz CT molecular complexity index is 896. The maximum atomic E-state index is 13.4. The molecule has 0 fully saturated rings. The molecule has 0 heterocycles. The van der Waals surface area contributed by atoms with E-state index in [1.807, 2.05) is 31.2 Å². The van der Waals surface area contributed by atoms with Crippen LogP contribution in [0.4, 0.5) is 0 Å². The molecule has 0 saturated carbocycles. The number of amides is 2. The highest BCUT2D eigenvalue weighted by Gasteiger charge is 2.28. The van der Waals surface area contributed by atoms with Gasteiger partial charge in [-0.2, -0.15) is 0 Å². The number of thioether (sulfide) groups is 1. The Hall–Kier alpha value is -2.47. The SMILES string of the molecule is CCCCNC(=O)[C@H](CC)N(Cc1cccc(OC)c1)C(=O)CSCc1cc(C)cc(C)c1. The molecule has 1 atom stereocenters. The average molecular weight is 471 g/mol. The van der Waals surface area contributed by atoms with Gasteiger partial charge in [-0.05, 0) is 49.9 Å². The van der Waals surface area contributed by atoms with Crippen molar-refractivity contribution in [2.45, 2.75) is 65.3 Å². The molecule has 0 aliphatic rings. The third-order valence-corrected chi connectivity index (χ3v) is 6.47. The summed E-state index contributed by atoms with van der Waals surface area (Å²) in [6.45, 7) is 9.23. The summed E-state index contributed by atoms with van der Waals surface area (Å²) in [6, 6.07) is 13.7. The van der Waals surface area contributed by atoms with Gasteiger partial charge in [0.25, 0.3) is 0 Å². The summed E-state index contributed by atoms with van der Waals surface area (Å²) in [5.74, 6) is 1.73. The third kappa shape index (κ3) is 8.77. The molecule has 0 unspecified atom stereocenters. The average Bonchev–Trinajstić information content (AvgIpc) is 2.78. The Morgan fingerprint density at radius 3 is 2.42 bits per heavy atom. The normalized spacial score (nSPS) is 11.7. The van der Waals surface area contributed by atoms with Gasteiger partial charge in [-0.25, -0.2) is 0 Å². The van der Waals surface area contributed by atoms with Gasteiger partial charge in [0.1, 0.15) is 11.8 Å². The smallest absolute Gasteiger partial charge is 0.242 e. The first-order valence-electron chi connectivity index (χ1n) is 11.7. The number of carbonyl (C=O) groups is 2. The van der Waals surface area contributed by atoms with Gasteiger partial charge in [-0.3, -0.25) is 9.59 Å². The van der Waals surface area contributed by atoms with E-state index in [1.54, 1.807) is 23.8 Å². The molecule has 1 N–H and O–H groups in total. The molecule has 0 saturated heterocycles. The summed E-state index contributed by atoms with van der Waals surface area (Å²) in [4.78, 5) is 28.0. The summed E-state index contributed by atoms with van der Waals surface area (Å²) in [6.07, 6.45) is 2.51. The number of aryl methyl sites for hydroxylation is 2. The van der Waals surface area contributed by atoms with Crippen LogP contribution in [0.15, 0.2) is 42.5 Å². The van der Waals surface area contributed by atoms with Gasteiger partial charge in [0.05, 0.1) is 12.9 Å². The minimum Gasteiger partial charge on any atom is -0.497 e. The molecule has 2 amide bonds. The lowest BCUT2D eigenvalue weighted by molar-refractivity contribution is -0.139. The van der Waals surface area contributed by atoms with Crippen LogP contribution in [-0.4, -0.2) is 42.2 Å². The molecule has 0 aromatic heterocycles. The van der Waals surface area contributed by atoms with Crippen molar-refractivity contribution in [2.24, 2.45) is 0 Å². The molecule has 0 aliphatic heterocycles. The Morgan fingerprint density at radius 1 is 1.06 bits per heavy atom. The van der Waals surface area contributed by atoms with Gasteiger partial charge in [-0.15, -0.1) is 11.8 Å². The molecule has 2 rings (SSSR count). The maximum absolute atomic E-state index is 13.4. The zero-order chi connectivity index (χ0) is 24.2. The predicted octanol–water partition coefficient (Wildman–Crippen LogP) is 5.27. The summed E-state index contributed by atoms with van der Waals surface area (Å²) in [5, 5.41) is 3.01. The minimum atomic E-state index is -0.498. The molecule has 0 radical (unpaired) electrons. The number of hydrogen-bond donors (Lipinski definition) is 1. The highest BCUT2D eigenvalue weighted by atomic mass is 32.2. The van der Waals surface area contributed by atoms with E-state index in [0.717, 1.165) is 29.9 Å². The molecule has 2 aromatic carbocycles. The van der Waals surface area contributed by atoms with E-state index in [-0.39, 0.29) is 11.8 Å². The van der Waals surface area contributed by atoms with E-state index in [9.17, 15) is 9.59 Å².